The number of hydrogen-bond acceptors (Lipinski definition) is 6. The van der Waals surface area contributed by atoms with Crippen LogP contribution in [-0.2, 0) is 11.2 Å². The van der Waals surface area contributed by atoms with E-state index in [0.29, 0.717) is 17.2 Å². The third-order valence-corrected chi connectivity index (χ3v) is 3.40. The van der Waals surface area contributed by atoms with E-state index in [2.05, 4.69) is 25.7 Å². The number of nitro groups is 1. The van der Waals surface area contributed by atoms with Crippen LogP contribution in [0.4, 0.5) is 5.69 Å². The number of aromatic nitrogens is 3. The lowest BCUT2D eigenvalue weighted by Gasteiger charge is -1.97. The highest BCUT2D eigenvalue weighted by Crippen LogP contribution is 2.13. The van der Waals surface area contributed by atoms with Gasteiger partial charge in [-0.1, -0.05) is 30.3 Å². The number of non-ortho nitro benzene ring substituents is 1. The first kappa shape index (κ1) is 17.0. The topological polar surface area (TPSA) is 126 Å². The molecule has 0 aliphatic rings. The zero-order valence-electron chi connectivity index (χ0n) is 13.5. The molecule has 0 radical (unpaired) electrons. The summed E-state index contributed by atoms with van der Waals surface area (Å²) in [7, 11) is 0. The summed E-state index contributed by atoms with van der Waals surface area (Å²) in [5.41, 5.74) is 3.85. The maximum absolute atomic E-state index is 11.9. The Kier molecular flexibility index (Phi) is 5.08. The van der Waals surface area contributed by atoms with Crippen LogP contribution in [0.15, 0.2) is 59.7 Å². The van der Waals surface area contributed by atoms with E-state index in [1.165, 1.54) is 30.5 Å². The average molecular weight is 350 g/mol. The Balaban J connectivity index is 1.54. The van der Waals surface area contributed by atoms with E-state index in [4.69, 9.17) is 0 Å². The van der Waals surface area contributed by atoms with Crippen molar-refractivity contribution in [2.24, 2.45) is 5.10 Å². The molecule has 0 aliphatic carbocycles. The molecule has 0 aliphatic heterocycles. The number of rotatable bonds is 6. The number of nitrogens with one attached hydrogen (secondary N) is 2. The van der Waals surface area contributed by atoms with E-state index in [9.17, 15) is 14.9 Å². The van der Waals surface area contributed by atoms with Crippen molar-refractivity contribution in [3.63, 3.8) is 0 Å². The van der Waals surface area contributed by atoms with Gasteiger partial charge in [0.2, 0.25) is 5.91 Å². The second-order valence-electron chi connectivity index (χ2n) is 5.29. The Labute approximate surface area is 147 Å². The van der Waals surface area contributed by atoms with Crippen LogP contribution in [0.2, 0.25) is 0 Å². The fraction of sp³-hybridized carbons (Fsp3) is 0.0588. The predicted octanol–water partition coefficient (Wildman–Crippen LogP) is 2.07. The molecule has 0 atom stereocenters. The summed E-state index contributed by atoms with van der Waals surface area (Å²) in [5.74, 6) is 0.577. The molecule has 0 spiro atoms. The van der Waals surface area contributed by atoms with Gasteiger partial charge in [-0.25, -0.2) is 10.4 Å². The van der Waals surface area contributed by atoms with Gasteiger partial charge < -0.3 is 0 Å². The van der Waals surface area contributed by atoms with E-state index >= 15 is 0 Å². The van der Waals surface area contributed by atoms with E-state index in [-0.39, 0.29) is 18.0 Å². The van der Waals surface area contributed by atoms with Gasteiger partial charge >= 0.3 is 0 Å². The van der Waals surface area contributed by atoms with Crippen LogP contribution in [0.25, 0.3) is 11.4 Å². The summed E-state index contributed by atoms with van der Waals surface area (Å²) < 4.78 is 0. The lowest BCUT2D eigenvalue weighted by Crippen LogP contribution is -2.20. The van der Waals surface area contributed by atoms with Gasteiger partial charge in [-0.2, -0.15) is 10.2 Å². The summed E-state index contributed by atoms with van der Waals surface area (Å²) in [5, 5.41) is 21.2. The molecule has 1 aromatic heterocycles. The summed E-state index contributed by atoms with van der Waals surface area (Å²) in [6.45, 7) is 0. The van der Waals surface area contributed by atoms with Crippen molar-refractivity contribution in [3.05, 3.63) is 76.1 Å². The molecule has 9 nitrogen and oxygen atoms in total. The highest BCUT2D eigenvalue weighted by Gasteiger charge is 2.09. The molecule has 0 fully saturated rings. The van der Waals surface area contributed by atoms with Crippen LogP contribution in [0.1, 0.15) is 11.4 Å². The minimum Gasteiger partial charge on any atom is -0.273 e. The summed E-state index contributed by atoms with van der Waals surface area (Å²) in [6.07, 6.45) is 1.40. The van der Waals surface area contributed by atoms with Gasteiger partial charge in [0.25, 0.3) is 5.69 Å². The highest BCUT2D eigenvalue weighted by atomic mass is 16.6. The molecule has 1 heterocycles. The van der Waals surface area contributed by atoms with Crippen LogP contribution >= 0.6 is 0 Å². The average Bonchev–Trinajstić information content (AvgIpc) is 3.11. The van der Waals surface area contributed by atoms with Crippen molar-refractivity contribution in [3.8, 4) is 11.4 Å². The molecule has 130 valence electrons. The van der Waals surface area contributed by atoms with Crippen LogP contribution in [0.5, 0.6) is 0 Å². The van der Waals surface area contributed by atoms with Gasteiger partial charge in [0.15, 0.2) is 5.82 Å². The van der Waals surface area contributed by atoms with Crippen molar-refractivity contribution < 1.29 is 9.72 Å². The number of hydrazone groups is 1. The first-order chi connectivity index (χ1) is 12.6. The van der Waals surface area contributed by atoms with Gasteiger partial charge in [0, 0.05) is 17.7 Å². The maximum atomic E-state index is 11.9. The lowest BCUT2D eigenvalue weighted by molar-refractivity contribution is -0.384. The van der Waals surface area contributed by atoms with Gasteiger partial charge in [-0.05, 0) is 17.7 Å². The number of nitro benzene ring substituents is 1. The quantitative estimate of drug-likeness (QED) is 0.400. The number of aromatic amines is 1. The second-order valence-corrected chi connectivity index (χ2v) is 5.29. The Morgan fingerprint density at radius 3 is 2.62 bits per heavy atom. The summed E-state index contributed by atoms with van der Waals surface area (Å²) in [6, 6.07) is 15.2. The van der Waals surface area contributed by atoms with Crippen LogP contribution in [0, 0.1) is 10.1 Å². The zero-order chi connectivity index (χ0) is 18.4. The fourth-order valence-corrected chi connectivity index (χ4v) is 2.14. The molecule has 26 heavy (non-hydrogen) atoms. The molecule has 3 aromatic rings. The Hall–Kier alpha value is -3.88. The second kappa shape index (κ2) is 7.79. The van der Waals surface area contributed by atoms with E-state index in [1.807, 2.05) is 30.3 Å². The minimum absolute atomic E-state index is 0.00254. The summed E-state index contributed by atoms with van der Waals surface area (Å²) in [4.78, 5) is 26.3. The standard InChI is InChI=1S/C17H14N6O3/c24-16(21-18-11-12-6-8-14(9-7-12)23(25)26)10-15-19-17(22-20-15)13-4-2-1-3-5-13/h1-9,11H,10H2,(H,21,24)(H,19,20,22)/b18-11-. The summed E-state index contributed by atoms with van der Waals surface area (Å²) >= 11 is 0. The Morgan fingerprint density at radius 2 is 1.92 bits per heavy atom. The maximum Gasteiger partial charge on any atom is 0.269 e. The van der Waals surface area contributed by atoms with Crippen LogP contribution in [-0.4, -0.2) is 32.2 Å². The third kappa shape index (κ3) is 4.35. The largest absolute Gasteiger partial charge is 0.273 e. The van der Waals surface area contributed by atoms with Crippen molar-refractivity contribution >= 4 is 17.8 Å². The molecule has 0 saturated heterocycles. The SMILES string of the molecule is O=C(Cc1nc(-c2ccccc2)n[nH]1)N/N=C\c1ccc([N+](=O)[O-])cc1. The van der Waals surface area contributed by atoms with Gasteiger partial charge in [-0.15, -0.1) is 0 Å². The number of hydrogen-bond donors (Lipinski definition) is 2. The molecule has 9 heteroatoms. The number of amides is 1. The molecule has 3 rings (SSSR count). The van der Waals surface area contributed by atoms with E-state index in [1.54, 1.807) is 0 Å². The number of carbonyl (C=O) groups is 1. The lowest BCUT2D eigenvalue weighted by atomic mass is 10.2. The molecule has 0 unspecified atom stereocenters. The molecule has 1 amide bonds. The number of carbonyl (C=O) groups excluding carboxylic acids is 1. The Morgan fingerprint density at radius 1 is 1.19 bits per heavy atom. The molecular formula is C17H14N6O3. The fourth-order valence-electron chi connectivity index (χ4n) is 2.14. The van der Waals surface area contributed by atoms with E-state index in [0.717, 1.165) is 5.56 Å². The highest BCUT2D eigenvalue weighted by molar-refractivity contribution is 5.83. The normalized spacial score (nSPS) is 10.8. The van der Waals surface area contributed by atoms with Crippen LogP contribution < -0.4 is 5.43 Å². The number of nitrogens with zero attached hydrogens (tertiary/aromatic N) is 4. The number of H-pyrrole nitrogens is 1. The minimum atomic E-state index is -0.482. The van der Waals surface area contributed by atoms with Crippen molar-refractivity contribution in [1.29, 1.82) is 0 Å². The third-order valence-electron chi connectivity index (χ3n) is 3.40. The van der Waals surface area contributed by atoms with Crippen molar-refractivity contribution in [1.82, 2.24) is 20.6 Å². The zero-order valence-corrected chi connectivity index (χ0v) is 13.5. The number of benzene rings is 2. The predicted molar refractivity (Wildman–Crippen MR) is 94.4 cm³/mol. The molecule has 2 aromatic carbocycles. The Bertz CT molecular complexity index is 935. The molecule has 0 saturated carbocycles. The molecule has 2 N–H and O–H groups in total. The van der Waals surface area contributed by atoms with E-state index < -0.39 is 4.92 Å². The monoisotopic (exact) mass is 350 g/mol. The van der Waals surface area contributed by atoms with Gasteiger partial charge in [0.05, 0.1) is 17.6 Å². The molecule has 0 bridgehead atoms. The van der Waals surface area contributed by atoms with Crippen LogP contribution in [0.3, 0.4) is 0 Å². The first-order valence-corrected chi connectivity index (χ1v) is 7.65. The van der Waals surface area contributed by atoms with Gasteiger partial charge in [0.1, 0.15) is 5.82 Å². The van der Waals surface area contributed by atoms with Gasteiger partial charge in [-0.3, -0.25) is 20.0 Å². The smallest absolute Gasteiger partial charge is 0.269 e. The van der Waals surface area contributed by atoms with Crippen molar-refractivity contribution in [2.45, 2.75) is 6.42 Å². The first-order valence-electron chi connectivity index (χ1n) is 7.65. The molecular weight excluding hydrogens is 336 g/mol. The van der Waals surface area contributed by atoms with Crippen molar-refractivity contribution in [2.75, 3.05) is 0 Å².